The minimum absolute atomic E-state index is 0.0122. The molecule has 0 atom stereocenters. The van der Waals surface area contributed by atoms with Crippen molar-refractivity contribution in [1.29, 1.82) is 0 Å². The first-order valence-corrected chi connectivity index (χ1v) is 10.5. The highest BCUT2D eigenvalue weighted by Gasteiger charge is 2.26. The number of benzene rings is 1. The molecule has 1 aromatic carbocycles. The van der Waals surface area contributed by atoms with Gasteiger partial charge in [-0.3, -0.25) is 24.8 Å². The SMILES string of the molecule is CC(=O)N1CCN(c2ccc(C(=O)Nc3cc(-c4cccs4)[nH]n3)cc2[N+](=O)[O-])CC1. The zero-order valence-electron chi connectivity index (χ0n) is 16.7. The lowest BCUT2D eigenvalue weighted by Gasteiger charge is -2.35. The Hall–Kier alpha value is -3.73. The van der Waals surface area contributed by atoms with Crippen LogP contribution in [0.2, 0.25) is 0 Å². The van der Waals surface area contributed by atoms with E-state index in [1.807, 2.05) is 22.4 Å². The Bertz CT molecular complexity index is 1120. The fraction of sp³-hybridized carbons (Fsp3) is 0.250. The number of anilines is 2. The molecule has 2 N–H and O–H groups in total. The molecule has 1 aliphatic rings. The standard InChI is InChI=1S/C20H20N6O4S/c1-13(27)24-6-8-25(9-7-24)16-5-4-14(11-17(16)26(29)30)20(28)21-19-12-15(22-23-19)18-3-2-10-31-18/h2-5,10-12H,6-9H2,1H3,(H2,21,22,23,28). The summed E-state index contributed by atoms with van der Waals surface area (Å²) < 4.78 is 0. The van der Waals surface area contributed by atoms with Gasteiger partial charge < -0.3 is 15.1 Å². The Morgan fingerprint density at radius 2 is 1.97 bits per heavy atom. The lowest BCUT2D eigenvalue weighted by atomic mass is 10.1. The van der Waals surface area contributed by atoms with E-state index in [0.717, 1.165) is 10.6 Å². The van der Waals surface area contributed by atoms with Gasteiger partial charge in [0.1, 0.15) is 5.69 Å². The first kappa shape index (κ1) is 20.5. The lowest BCUT2D eigenvalue weighted by molar-refractivity contribution is -0.384. The van der Waals surface area contributed by atoms with Crippen molar-refractivity contribution in [1.82, 2.24) is 15.1 Å². The lowest BCUT2D eigenvalue weighted by Crippen LogP contribution is -2.48. The summed E-state index contributed by atoms with van der Waals surface area (Å²) in [6.45, 7) is 3.49. The number of nitrogens with one attached hydrogen (secondary N) is 2. The number of thiophene rings is 1. The van der Waals surface area contributed by atoms with Crippen molar-refractivity contribution in [2.24, 2.45) is 0 Å². The van der Waals surface area contributed by atoms with Crippen molar-refractivity contribution >= 4 is 40.3 Å². The van der Waals surface area contributed by atoms with Crippen LogP contribution in [0.4, 0.5) is 17.2 Å². The number of hydrogen-bond donors (Lipinski definition) is 2. The monoisotopic (exact) mass is 440 g/mol. The number of aromatic nitrogens is 2. The zero-order valence-corrected chi connectivity index (χ0v) is 17.5. The third-order valence-electron chi connectivity index (χ3n) is 5.11. The van der Waals surface area contributed by atoms with Crippen molar-refractivity contribution < 1.29 is 14.5 Å². The number of carbonyl (C=O) groups is 2. The minimum Gasteiger partial charge on any atom is -0.362 e. The van der Waals surface area contributed by atoms with Crippen LogP contribution in [0.25, 0.3) is 10.6 Å². The van der Waals surface area contributed by atoms with Gasteiger partial charge in [0.05, 0.1) is 15.5 Å². The third-order valence-corrected chi connectivity index (χ3v) is 6.01. The number of piperazine rings is 1. The summed E-state index contributed by atoms with van der Waals surface area (Å²) in [7, 11) is 0. The van der Waals surface area contributed by atoms with E-state index in [2.05, 4.69) is 15.5 Å². The van der Waals surface area contributed by atoms with Crippen LogP contribution in [0.3, 0.4) is 0 Å². The average Bonchev–Trinajstić information content (AvgIpc) is 3.45. The molecule has 31 heavy (non-hydrogen) atoms. The number of H-pyrrole nitrogens is 1. The second kappa shape index (κ2) is 8.56. The summed E-state index contributed by atoms with van der Waals surface area (Å²) in [4.78, 5) is 39.9. The van der Waals surface area contributed by atoms with Gasteiger partial charge in [-0.1, -0.05) is 6.07 Å². The zero-order chi connectivity index (χ0) is 22.0. The van der Waals surface area contributed by atoms with Gasteiger partial charge in [0.25, 0.3) is 11.6 Å². The Morgan fingerprint density at radius 3 is 2.61 bits per heavy atom. The molecule has 3 heterocycles. The summed E-state index contributed by atoms with van der Waals surface area (Å²) in [6, 6.07) is 9.97. The topological polar surface area (TPSA) is 124 Å². The number of aromatic amines is 1. The molecular formula is C20H20N6O4S. The summed E-state index contributed by atoms with van der Waals surface area (Å²) in [5.74, 6) is -0.164. The van der Waals surface area contributed by atoms with E-state index in [-0.39, 0.29) is 17.2 Å². The van der Waals surface area contributed by atoms with E-state index in [4.69, 9.17) is 0 Å². The maximum absolute atomic E-state index is 12.6. The molecular weight excluding hydrogens is 420 g/mol. The van der Waals surface area contributed by atoms with Gasteiger partial charge >= 0.3 is 0 Å². The van der Waals surface area contributed by atoms with Crippen LogP contribution in [-0.4, -0.2) is 58.0 Å². The predicted molar refractivity (Wildman–Crippen MR) is 117 cm³/mol. The van der Waals surface area contributed by atoms with Gasteiger partial charge in [0.15, 0.2) is 5.82 Å². The van der Waals surface area contributed by atoms with Gasteiger partial charge in [0.2, 0.25) is 5.91 Å². The normalized spacial score (nSPS) is 13.8. The van der Waals surface area contributed by atoms with Gasteiger partial charge in [-0.15, -0.1) is 11.3 Å². The Kier molecular flexibility index (Phi) is 5.67. The molecule has 0 unspecified atom stereocenters. The van der Waals surface area contributed by atoms with Crippen LogP contribution in [0.1, 0.15) is 17.3 Å². The van der Waals surface area contributed by atoms with Crippen molar-refractivity contribution in [2.45, 2.75) is 6.92 Å². The van der Waals surface area contributed by atoms with E-state index in [0.29, 0.717) is 37.7 Å². The fourth-order valence-corrected chi connectivity index (χ4v) is 4.17. The first-order valence-electron chi connectivity index (χ1n) is 9.62. The molecule has 1 aliphatic heterocycles. The summed E-state index contributed by atoms with van der Waals surface area (Å²) >= 11 is 1.54. The third kappa shape index (κ3) is 4.40. The summed E-state index contributed by atoms with van der Waals surface area (Å²) in [5.41, 5.74) is 1.23. The number of nitro benzene ring substituents is 1. The number of carbonyl (C=O) groups excluding carboxylic acids is 2. The van der Waals surface area contributed by atoms with Crippen molar-refractivity contribution in [3.05, 3.63) is 57.5 Å². The number of hydrogen-bond acceptors (Lipinski definition) is 7. The second-order valence-corrected chi connectivity index (χ2v) is 8.00. The number of amides is 2. The van der Waals surface area contributed by atoms with E-state index >= 15 is 0 Å². The number of nitro groups is 1. The smallest absolute Gasteiger partial charge is 0.293 e. The molecule has 160 valence electrons. The Balaban J connectivity index is 1.50. The van der Waals surface area contributed by atoms with E-state index < -0.39 is 10.8 Å². The molecule has 3 aromatic rings. The van der Waals surface area contributed by atoms with Crippen molar-refractivity contribution in [3.8, 4) is 10.6 Å². The van der Waals surface area contributed by atoms with Crippen LogP contribution in [-0.2, 0) is 4.79 Å². The molecule has 10 nitrogen and oxygen atoms in total. The first-order chi connectivity index (χ1) is 14.9. The van der Waals surface area contributed by atoms with E-state index in [1.165, 1.54) is 13.0 Å². The van der Waals surface area contributed by atoms with Crippen LogP contribution in [0.5, 0.6) is 0 Å². The summed E-state index contributed by atoms with van der Waals surface area (Å²) in [6.07, 6.45) is 0. The molecule has 0 aliphatic carbocycles. The number of nitrogens with zero attached hydrogens (tertiary/aromatic N) is 4. The van der Waals surface area contributed by atoms with Crippen LogP contribution in [0, 0.1) is 10.1 Å². The molecule has 1 saturated heterocycles. The maximum atomic E-state index is 12.6. The predicted octanol–water partition coefficient (Wildman–Crippen LogP) is 2.97. The molecule has 1 fully saturated rings. The largest absolute Gasteiger partial charge is 0.362 e. The van der Waals surface area contributed by atoms with E-state index in [1.54, 1.807) is 34.4 Å². The van der Waals surface area contributed by atoms with Crippen LogP contribution < -0.4 is 10.2 Å². The van der Waals surface area contributed by atoms with Crippen LogP contribution in [0.15, 0.2) is 41.8 Å². The summed E-state index contributed by atoms with van der Waals surface area (Å²) in [5, 5.41) is 23.2. The maximum Gasteiger partial charge on any atom is 0.293 e. The molecule has 0 spiro atoms. The van der Waals surface area contributed by atoms with Gasteiger partial charge in [-0.2, -0.15) is 5.10 Å². The Morgan fingerprint density at radius 1 is 1.19 bits per heavy atom. The molecule has 2 aromatic heterocycles. The van der Waals surface area contributed by atoms with Gasteiger partial charge in [0, 0.05) is 50.8 Å². The average molecular weight is 440 g/mol. The second-order valence-electron chi connectivity index (χ2n) is 7.05. The van der Waals surface area contributed by atoms with E-state index in [9.17, 15) is 19.7 Å². The molecule has 0 bridgehead atoms. The van der Waals surface area contributed by atoms with Crippen LogP contribution >= 0.6 is 11.3 Å². The fourth-order valence-electron chi connectivity index (χ4n) is 3.47. The molecule has 0 radical (unpaired) electrons. The molecule has 11 heteroatoms. The van der Waals surface area contributed by atoms with Crippen molar-refractivity contribution in [2.75, 3.05) is 36.4 Å². The van der Waals surface area contributed by atoms with Gasteiger partial charge in [-0.05, 0) is 23.6 Å². The quantitative estimate of drug-likeness (QED) is 0.464. The Labute approximate surface area is 181 Å². The molecule has 4 rings (SSSR count). The highest BCUT2D eigenvalue weighted by Crippen LogP contribution is 2.31. The van der Waals surface area contributed by atoms with Gasteiger partial charge in [-0.25, -0.2) is 0 Å². The number of rotatable bonds is 5. The van der Waals surface area contributed by atoms with Crippen molar-refractivity contribution in [3.63, 3.8) is 0 Å². The minimum atomic E-state index is -0.493. The molecule has 2 amide bonds. The molecule has 0 saturated carbocycles. The highest BCUT2D eigenvalue weighted by atomic mass is 32.1. The highest BCUT2D eigenvalue weighted by molar-refractivity contribution is 7.13.